The Bertz CT molecular complexity index is 919. The van der Waals surface area contributed by atoms with Gasteiger partial charge in [-0.25, -0.2) is 4.98 Å². The number of H-pyrrole nitrogens is 1. The second-order valence-corrected chi connectivity index (χ2v) is 7.35. The Morgan fingerprint density at radius 2 is 1.89 bits per heavy atom. The summed E-state index contributed by atoms with van der Waals surface area (Å²) in [5.41, 5.74) is 2.21. The van der Waals surface area contributed by atoms with Crippen LogP contribution in [0.15, 0.2) is 54.7 Å². The average Bonchev–Trinajstić information content (AvgIpc) is 3.22. The fourth-order valence-electron chi connectivity index (χ4n) is 3.39. The summed E-state index contributed by atoms with van der Waals surface area (Å²) in [5.74, 6) is 0.459. The number of carbonyl (C=O) groups excluding carboxylic acids is 1. The van der Waals surface area contributed by atoms with Crippen molar-refractivity contribution in [2.75, 3.05) is 0 Å². The molecule has 6 nitrogen and oxygen atoms in total. The summed E-state index contributed by atoms with van der Waals surface area (Å²) in [5, 5.41) is 10.8. The number of rotatable bonds is 5. The molecule has 0 radical (unpaired) electrons. The van der Waals surface area contributed by atoms with Crippen molar-refractivity contribution >= 4 is 17.5 Å². The number of nitrogens with one attached hydrogen (secondary N) is 2. The number of carbonyl (C=O) groups is 1. The molecule has 2 aromatic heterocycles. The van der Waals surface area contributed by atoms with E-state index in [-0.39, 0.29) is 18.1 Å². The van der Waals surface area contributed by atoms with Crippen LogP contribution in [-0.4, -0.2) is 33.2 Å². The first kappa shape index (κ1) is 18.5. The predicted molar refractivity (Wildman–Crippen MR) is 107 cm³/mol. The van der Waals surface area contributed by atoms with E-state index in [0.717, 1.165) is 36.9 Å². The molecule has 1 aliphatic rings. The average molecular weight is 397 g/mol. The molecule has 2 heterocycles. The van der Waals surface area contributed by atoms with Gasteiger partial charge in [-0.05, 0) is 37.8 Å². The van der Waals surface area contributed by atoms with Crippen LogP contribution in [-0.2, 0) is 0 Å². The van der Waals surface area contributed by atoms with Gasteiger partial charge in [0.15, 0.2) is 0 Å². The maximum absolute atomic E-state index is 12.5. The fourth-order valence-corrected chi connectivity index (χ4v) is 3.50. The van der Waals surface area contributed by atoms with Crippen LogP contribution in [0.4, 0.5) is 0 Å². The third-order valence-electron chi connectivity index (χ3n) is 4.89. The fraction of sp³-hybridized carbons (Fsp3) is 0.286. The van der Waals surface area contributed by atoms with Crippen molar-refractivity contribution in [3.05, 3.63) is 65.4 Å². The van der Waals surface area contributed by atoms with Gasteiger partial charge in [-0.1, -0.05) is 41.9 Å². The molecule has 1 aromatic carbocycles. The third kappa shape index (κ3) is 4.51. The van der Waals surface area contributed by atoms with E-state index in [1.807, 2.05) is 30.3 Å². The number of amides is 1. The van der Waals surface area contributed by atoms with E-state index in [1.165, 1.54) is 0 Å². The Morgan fingerprint density at radius 1 is 1.11 bits per heavy atom. The Morgan fingerprint density at radius 3 is 2.61 bits per heavy atom. The maximum atomic E-state index is 12.5. The summed E-state index contributed by atoms with van der Waals surface area (Å²) in [6.07, 6.45) is 5.16. The lowest BCUT2D eigenvalue weighted by molar-refractivity contribution is 0.0885. The molecule has 1 fully saturated rings. The van der Waals surface area contributed by atoms with E-state index in [9.17, 15) is 4.79 Å². The number of hydrogen-bond acceptors (Lipinski definition) is 4. The van der Waals surface area contributed by atoms with Gasteiger partial charge in [-0.3, -0.25) is 9.89 Å². The lowest BCUT2D eigenvalue weighted by atomic mass is 9.93. The van der Waals surface area contributed by atoms with Gasteiger partial charge in [0.05, 0.1) is 10.7 Å². The Hall–Kier alpha value is -2.86. The molecule has 0 atom stereocenters. The summed E-state index contributed by atoms with van der Waals surface area (Å²) < 4.78 is 5.90. The minimum Gasteiger partial charge on any atom is -0.474 e. The zero-order valence-electron chi connectivity index (χ0n) is 15.3. The van der Waals surface area contributed by atoms with Crippen molar-refractivity contribution in [3.8, 4) is 17.1 Å². The molecular formula is C21H21ClN4O2. The standard InChI is InChI=1S/C21H21ClN4O2/c22-15-6-11-20(23-13-15)28-17-9-7-16(8-10-17)24-21(27)19-12-18(25-26-19)14-4-2-1-3-5-14/h1-6,11-13,16-17H,7-10H2,(H,24,27)(H,25,26). The summed E-state index contributed by atoms with van der Waals surface area (Å²) in [6.45, 7) is 0. The van der Waals surface area contributed by atoms with Crippen LogP contribution in [0.5, 0.6) is 5.88 Å². The normalized spacial score (nSPS) is 19.2. The van der Waals surface area contributed by atoms with Crippen molar-refractivity contribution in [1.29, 1.82) is 0 Å². The number of benzene rings is 1. The molecule has 4 rings (SSSR count). The van der Waals surface area contributed by atoms with Crippen molar-refractivity contribution in [1.82, 2.24) is 20.5 Å². The highest BCUT2D eigenvalue weighted by atomic mass is 35.5. The first-order valence-electron chi connectivity index (χ1n) is 9.37. The van der Waals surface area contributed by atoms with Crippen molar-refractivity contribution in [3.63, 3.8) is 0 Å². The molecule has 144 valence electrons. The second-order valence-electron chi connectivity index (χ2n) is 6.91. The van der Waals surface area contributed by atoms with Gasteiger partial charge in [-0.15, -0.1) is 0 Å². The Kier molecular flexibility index (Phi) is 5.58. The number of ether oxygens (including phenoxy) is 1. The number of aromatic amines is 1. The van der Waals surface area contributed by atoms with Crippen LogP contribution >= 0.6 is 11.6 Å². The third-order valence-corrected chi connectivity index (χ3v) is 5.11. The molecule has 0 spiro atoms. The highest BCUT2D eigenvalue weighted by Crippen LogP contribution is 2.24. The molecule has 0 unspecified atom stereocenters. The van der Waals surface area contributed by atoms with E-state index >= 15 is 0 Å². The molecule has 2 N–H and O–H groups in total. The first-order chi connectivity index (χ1) is 13.7. The molecule has 1 amide bonds. The molecule has 0 bridgehead atoms. The Balaban J connectivity index is 1.28. The zero-order valence-corrected chi connectivity index (χ0v) is 16.0. The maximum Gasteiger partial charge on any atom is 0.269 e. The molecule has 1 saturated carbocycles. The van der Waals surface area contributed by atoms with Gasteiger partial charge in [-0.2, -0.15) is 5.10 Å². The number of aromatic nitrogens is 3. The highest BCUT2D eigenvalue weighted by Gasteiger charge is 2.24. The number of halogens is 1. The first-order valence-corrected chi connectivity index (χ1v) is 9.75. The molecule has 3 aromatic rings. The summed E-state index contributed by atoms with van der Waals surface area (Å²) >= 11 is 5.84. The molecule has 1 aliphatic carbocycles. The summed E-state index contributed by atoms with van der Waals surface area (Å²) in [6, 6.07) is 15.2. The minimum atomic E-state index is -0.126. The smallest absolute Gasteiger partial charge is 0.269 e. The largest absolute Gasteiger partial charge is 0.474 e. The molecule has 0 saturated heterocycles. The molecule has 0 aliphatic heterocycles. The van der Waals surface area contributed by atoms with Crippen molar-refractivity contribution < 1.29 is 9.53 Å². The number of hydrogen-bond donors (Lipinski definition) is 2. The van der Waals surface area contributed by atoms with Crippen molar-refractivity contribution in [2.24, 2.45) is 0 Å². The zero-order chi connectivity index (χ0) is 19.3. The second kappa shape index (κ2) is 8.44. The lowest BCUT2D eigenvalue weighted by Crippen LogP contribution is -2.39. The summed E-state index contributed by atoms with van der Waals surface area (Å²) in [4.78, 5) is 16.7. The van der Waals surface area contributed by atoms with E-state index in [2.05, 4.69) is 20.5 Å². The van der Waals surface area contributed by atoms with Gasteiger partial charge in [0, 0.05) is 23.9 Å². The van der Waals surface area contributed by atoms with Crippen LogP contribution in [0.2, 0.25) is 5.02 Å². The van der Waals surface area contributed by atoms with Crippen LogP contribution in [0.3, 0.4) is 0 Å². The van der Waals surface area contributed by atoms with Gasteiger partial charge >= 0.3 is 0 Å². The summed E-state index contributed by atoms with van der Waals surface area (Å²) in [7, 11) is 0. The van der Waals surface area contributed by atoms with E-state index < -0.39 is 0 Å². The highest BCUT2D eigenvalue weighted by molar-refractivity contribution is 6.30. The van der Waals surface area contributed by atoms with Gasteiger partial charge in [0.1, 0.15) is 11.8 Å². The van der Waals surface area contributed by atoms with Crippen LogP contribution in [0.25, 0.3) is 11.3 Å². The Labute approximate surface area is 168 Å². The minimum absolute atomic E-state index is 0.110. The quantitative estimate of drug-likeness (QED) is 0.675. The van der Waals surface area contributed by atoms with E-state index in [4.69, 9.17) is 16.3 Å². The number of nitrogens with zero attached hydrogens (tertiary/aromatic N) is 2. The number of pyridine rings is 1. The van der Waals surface area contributed by atoms with Crippen LogP contribution < -0.4 is 10.1 Å². The van der Waals surface area contributed by atoms with Crippen LogP contribution in [0.1, 0.15) is 36.2 Å². The lowest BCUT2D eigenvalue weighted by Gasteiger charge is -2.29. The molecule has 28 heavy (non-hydrogen) atoms. The van der Waals surface area contributed by atoms with Gasteiger partial charge < -0.3 is 10.1 Å². The monoisotopic (exact) mass is 396 g/mol. The van der Waals surface area contributed by atoms with E-state index in [1.54, 1.807) is 24.4 Å². The van der Waals surface area contributed by atoms with Crippen molar-refractivity contribution in [2.45, 2.75) is 37.8 Å². The molecular weight excluding hydrogens is 376 g/mol. The predicted octanol–water partition coefficient (Wildman–Crippen LogP) is 4.25. The molecule has 7 heteroatoms. The van der Waals surface area contributed by atoms with Gasteiger partial charge in [0.25, 0.3) is 5.91 Å². The topological polar surface area (TPSA) is 79.9 Å². The van der Waals surface area contributed by atoms with E-state index in [0.29, 0.717) is 16.6 Å². The van der Waals surface area contributed by atoms with Gasteiger partial charge in [0.2, 0.25) is 5.88 Å². The SMILES string of the molecule is O=C(NC1CCC(Oc2ccc(Cl)cn2)CC1)c1cc(-c2ccccc2)n[nH]1. The van der Waals surface area contributed by atoms with Crippen LogP contribution in [0, 0.1) is 0 Å².